The minimum atomic E-state index is 0.0302. The van der Waals surface area contributed by atoms with Gasteiger partial charge < -0.3 is 14.6 Å². The molecule has 4 rings (SSSR count). The zero-order valence-electron chi connectivity index (χ0n) is 12.3. The lowest BCUT2D eigenvalue weighted by Gasteiger charge is -2.26. The first kappa shape index (κ1) is 13.0. The molecule has 0 saturated carbocycles. The third-order valence-corrected chi connectivity index (χ3v) is 4.23. The minimum absolute atomic E-state index is 0.0302. The van der Waals surface area contributed by atoms with E-state index in [9.17, 15) is 4.79 Å². The number of para-hydroxylation sites is 1. The highest BCUT2D eigenvalue weighted by Gasteiger charge is 2.28. The monoisotopic (exact) mass is 292 g/mol. The van der Waals surface area contributed by atoms with Crippen molar-refractivity contribution in [2.45, 2.75) is 6.42 Å². The van der Waals surface area contributed by atoms with Crippen LogP contribution in [0.25, 0.3) is 10.9 Å². The van der Waals surface area contributed by atoms with Gasteiger partial charge in [-0.3, -0.25) is 4.79 Å². The number of aromatic amines is 1. The van der Waals surface area contributed by atoms with Crippen molar-refractivity contribution in [1.29, 1.82) is 0 Å². The molecule has 0 bridgehead atoms. The van der Waals surface area contributed by atoms with Crippen LogP contribution in [0, 0.1) is 0 Å². The van der Waals surface area contributed by atoms with Crippen molar-refractivity contribution in [3.63, 3.8) is 0 Å². The molecule has 0 saturated heterocycles. The topological polar surface area (TPSA) is 45.3 Å². The van der Waals surface area contributed by atoms with Crippen molar-refractivity contribution in [2.24, 2.45) is 0 Å². The first-order valence-corrected chi connectivity index (χ1v) is 7.33. The van der Waals surface area contributed by atoms with E-state index in [1.54, 1.807) is 7.11 Å². The van der Waals surface area contributed by atoms with Crippen molar-refractivity contribution in [1.82, 2.24) is 4.98 Å². The Bertz CT molecular complexity index is 852. The van der Waals surface area contributed by atoms with Gasteiger partial charge in [-0.15, -0.1) is 0 Å². The van der Waals surface area contributed by atoms with Gasteiger partial charge in [0.25, 0.3) is 5.91 Å². The number of ether oxygens (including phenoxy) is 1. The van der Waals surface area contributed by atoms with Crippen LogP contribution in [0.4, 0.5) is 5.69 Å². The molecule has 1 aliphatic rings. The Morgan fingerprint density at radius 1 is 1.14 bits per heavy atom. The molecule has 0 atom stereocenters. The zero-order chi connectivity index (χ0) is 15.1. The Hall–Kier alpha value is -2.75. The van der Waals surface area contributed by atoms with Crippen molar-refractivity contribution in [3.05, 3.63) is 59.8 Å². The van der Waals surface area contributed by atoms with E-state index in [-0.39, 0.29) is 5.91 Å². The molecule has 0 unspecified atom stereocenters. The van der Waals surface area contributed by atoms with Gasteiger partial charge in [0.05, 0.1) is 7.11 Å². The largest absolute Gasteiger partial charge is 0.497 e. The molecule has 1 aromatic heterocycles. The van der Waals surface area contributed by atoms with Gasteiger partial charge in [-0.05, 0) is 42.3 Å². The Morgan fingerprint density at radius 3 is 2.73 bits per heavy atom. The van der Waals surface area contributed by atoms with E-state index < -0.39 is 0 Å². The average molecular weight is 292 g/mol. The first-order chi connectivity index (χ1) is 10.8. The fourth-order valence-corrected chi connectivity index (χ4v) is 3.11. The predicted octanol–water partition coefficient (Wildman–Crippen LogP) is 3.38. The predicted molar refractivity (Wildman–Crippen MR) is 86.7 cm³/mol. The number of carbonyl (C=O) groups is 1. The number of aromatic nitrogens is 1. The number of hydrogen-bond donors (Lipinski definition) is 1. The molecule has 2 aromatic carbocycles. The third kappa shape index (κ3) is 1.88. The second-order valence-electron chi connectivity index (χ2n) is 5.43. The Balaban J connectivity index is 1.81. The van der Waals surface area contributed by atoms with Crippen LogP contribution in [0.15, 0.2) is 48.5 Å². The van der Waals surface area contributed by atoms with Gasteiger partial charge in [0.2, 0.25) is 0 Å². The number of carbonyl (C=O) groups excluding carboxylic acids is 1. The van der Waals surface area contributed by atoms with Gasteiger partial charge in [0, 0.05) is 23.1 Å². The molecule has 0 fully saturated rings. The molecular formula is C18H16N2O2. The summed E-state index contributed by atoms with van der Waals surface area (Å²) < 4.78 is 5.29. The average Bonchev–Trinajstić information content (AvgIpc) is 2.95. The summed E-state index contributed by atoms with van der Waals surface area (Å²) in [5.74, 6) is 0.842. The zero-order valence-corrected chi connectivity index (χ0v) is 12.3. The molecule has 1 aliphatic heterocycles. The number of fused-ring (bicyclic) bond motifs is 3. The lowest BCUT2D eigenvalue weighted by molar-refractivity contribution is 0.0976. The van der Waals surface area contributed by atoms with Crippen LogP contribution in [-0.2, 0) is 6.42 Å². The second-order valence-corrected chi connectivity index (χ2v) is 5.43. The Morgan fingerprint density at radius 2 is 1.95 bits per heavy atom. The minimum Gasteiger partial charge on any atom is -0.497 e. The molecule has 3 aromatic rings. The third-order valence-electron chi connectivity index (χ3n) is 4.23. The quantitative estimate of drug-likeness (QED) is 0.787. The summed E-state index contributed by atoms with van der Waals surface area (Å²) in [6, 6.07) is 15.7. The SMILES string of the molecule is COc1ccc2[nH]c3c(c2c1)CCN(c1ccccc1)C3=O. The molecule has 2 heterocycles. The van der Waals surface area contributed by atoms with Crippen LogP contribution in [-0.4, -0.2) is 24.5 Å². The summed E-state index contributed by atoms with van der Waals surface area (Å²) >= 11 is 0. The summed E-state index contributed by atoms with van der Waals surface area (Å²) in [4.78, 5) is 17.9. The normalized spacial score (nSPS) is 14.2. The molecule has 0 radical (unpaired) electrons. The van der Waals surface area contributed by atoms with E-state index in [0.29, 0.717) is 12.2 Å². The number of methoxy groups -OCH3 is 1. The first-order valence-electron chi connectivity index (χ1n) is 7.33. The molecule has 110 valence electrons. The molecule has 4 nitrogen and oxygen atoms in total. The van der Waals surface area contributed by atoms with Crippen molar-refractivity contribution < 1.29 is 9.53 Å². The number of anilines is 1. The van der Waals surface area contributed by atoms with E-state index in [1.807, 2.05) is 53.4 Å². The number of hydrogen-bond acceptors (Lipinski definition) is 2. The fourth-order valence-electron chi connectivity index (χ4n) is 3.11. The number of nitrogens with one attached hydrogen (secondary N) is 1. The molecule has 1 N–H and O–H groups in total. The fraction of sp³-hybridized carbons (Fsp3) is 0.167. The van der Waals surface area contributed by atoms with E-state index in [0.717, 1.165) is 34.3 Å². The lowest BCUT2D eigenvalue weighted by Crippen LogP contribution is -2.37. The van der Waals surface area contributed by atoms with Crippen LogP contribution in [0.1, 0.15) is 16.1 Å². The maximum atomic E-state index is 12.8. The smallest absolute Gasteiger partial charge is 0.275 e. The standard InChI is InChI=1S/C18H16N2O2/c1-22-13-7-8-16-15(11-13)14-9-10-20(18(21)17(14)19-16)12-5-3-2-4-6-12/h2-8,11,19H,9-10H2,1H3. The number of benzene rings is 2. The molecule has 4 heteroatoms. The summed E-state index contributed by atoms with van der Waals surface area (Å²) in [5, 5.41) is 1.08. The Kier molecular flexibility index (Phi) is 2.89. The molecule has 0 aliphatic carbocycles. The number of H-pyrrole nitrogens is 1. The van der Waals surface area contributed by atoms with Gasteiger partial charge in [0.1, 0.15) is 11.4 Å². The number of amides is 1. The van der Waals surface area contributed by atoms with Crippen LogP contribution >= 0.6 is 0 Å². The van der Waals surface area contributed by atoms with Gasteiger partial charge >= 0.3 is 0 Å². The van der Waals surface area contributed by atoms with E-state index in [2.05, 4.69) is 4.98 Å². The molecule has 0 spiro atoms. The Labute approximate surface area is 128 Å². The number of rotatable bonds is 2. The maximum Gasteiger partial charge on any atom is 0.275 e. The van der Waals surface area contributed by atoms with Crippen LogP contribution in [0.2, 0.25) is 0 Å². The highest BCUT2D eigenvalue weighted by atomic mass is 16.5. The molecular weight excluding hydrogens is 276 g/mol. The lowest BCUT2D eigenvalue weighted by atomic mass is 10.0. The molecule has 22 heavy (non-hydrogen) atoms. The van der Waals surface area contributed by atoms with Crippen LogP contribution < -0.4 is 9.64 Å². The summed E-state index contributed by atoms with van der Waals surface area (Å²) in [5.41, 5.74) is 3.70. The van der Waals surface area contributed by atoms with E-state index in [1.165, 1.54) is 0 Å². The summed E-state index contributed by atoms with van der Waals surface area (Å²) in [7, 11) is 1.66. The summed E-state index contributed by atoms with van der Waals surface area (Å²) in [6.07, 6.45) is 0.836. The van der Waals surface area contributed by atoms with Crippen LogP contribution in [0.5, 0.6) is 5.75 Å². The van der Waals surface area contributed by atoms with E-state index >= 15 is 0 Å². The molecule has 1 amide bonds. The van der Waals surface area contributed by atoms with Gasteiger partial charge in [-0.1, -0.05) is 18.2 Å². The van der Waals surface area contributed by atoms with E-state index in [4.69, 9.17) is 4.74 Å². The van der Waals surface area contributed by atoms with Crippen LogP contribution in [0.3, 0.4) is 0 Å². The highest BCUT2D eigenvalue weighted by Crippen LogP contribution is 2.31. The second kappa shape index (κ2) is 4.91. The highest BCUT2D eigenvalue weighted by molar-refractivity contribution is 6.10. The maximum absolute atomic E-state index is 12.8. The van der Waals surface area contributed by atoms with Crippen molar-refractivity contribution >= 4 is 22.5 Å². The van der Waals surface area contributed by atoms with Gasteiger partial charge in [-0.2, -0.15) is 0 Å². The van der Waals surface area contributed by atoms with Crippen molar-refractivity contribution in [3.8, 4) is 5.75 Å². The van der Waals surface area contributed by atoms with Gasteiger partial charge in [0.15, 0.2) is 0 Å². The van der Waals surface area contributed by atoms with Crippen molar-refractivity contribution in [2.75, 3.05) is 18.6 Å². The van der Waals surface area contributed by atoms with Gasteiger partial charge in [-0.25, -0.2) is 0 Å². The summed E-state index contributed by atoms with van der Waals surface area (Å²) in [6.45, 7) is 0.694. The number of nitrogens with zero attached hydrogens (tertiary/aromatic N) is 1.